The van der Waals surface area contributed by atoms with E-state index < -0.39 is 0 Å². The highest BCUT2D eigenvalue weighted by atomic mass is 32.1. The Morgan fingerprint density at radius 1 is 1.22 bits per heavy atom. The van der Waals surface area contributed by atoms with Crippen molar-refractivity contribution in [1.29, 1.82) is 0 Å². The van der Waals surface area contributed by atoms with E-state index in [2.05, 4.69) is 54.6 Å². The van der Waals surface area contributed by atoms with E-state index in [1.807, 2.05) is 22.4 Å². The fourth-order valence-electron chi connectivity index (χ4n) is 2.94. The van der Waals surface area contributed by atoms with Crippen LogP contribution in [0.15, 0.2) is 41.8 Å². The summed E-state index contributed by atoms with van der Waals surface area (Å²) in [6, 6.07) is 12.7. The molecule has 3 heterocycles. The van der Waals surface area contributed by atoms with Crippen molar-refractivity contribution < 1.29 is 0 Å². The predicted octanol–water partition coefficient (Wildman–Crippen LogP) is 4.86. The number of aromatic nitrogens is 4. The van der Waals surface area contributed by atoms with Gasteiger partial charge in [0.1, 0.15) is 10.8 Å². The molecule has 8 heteroatoms. The topological polar surface area (TPSA) is 38.9 Å². The molecule has 0 radical (unpaired) electrons. The second kappa shape index (κ2) is 7.63. The number of rotatable bonds is 6. The normalized spacial score (nSPS) is 12.9. The van der Waals surface area contributed by atoms with Crippen molar-refractivity contribution in [2.24, 2.45) is 7.05 Å². The van der Waals surface area contributed by atoms with Crippen LogP contribution in [0, 0.1) is 4.77 Å². The first-order valence-electron chi connectivity index (χ1n) is 8.73. The molecule has 140 valence electrons. The van der Waals surface area contributed by atoms with E-state index in [-0.39, 0.29) is 6.04 Å². The summed E-state index contributed by atoms with van der Waals surface area (Å²) in [7, 11) is 4.08. The smallest absolute Gasteiger partial charge is 0.198 e. The van der Waals surface area contributed by atoms with E-state index in [9.17, 15) is 0 Å². The monoisotopic (exact) mass is 415 g/mol. The van der Waals surface area contributed by atoms with Crippen LogP contribution in [-0.4, -0.2) is 31.3 Å². The molecule has 0 bridgehead atoms. The maximum Gasteiger partial charge on any atom is 0.198 e. The molecule has 1 aromatic carbocycles. The van der Waals surface area contributed by atoms with Gasteiger partial charge in [-0.3, -0.25) is 4.90 Å². The fraction of sp³-hybridized carbons (Fsp3) is 0.316. The summed E-state index contributed by atoms with van der Waals surface area (Å²) in [5.41, 5.74) is 1.06. The molecule has 5 nitrogen and oxygen atoms in total. The summed E-state index contributed by atoms with van der Waals surface area (Å²) in [5.74, 6) is 0.989. The number of thiophene rings is 1. The van der Waals surface area contributed by atoms with Crippen LogP contribution in [0.4, 0.5) is 0 Å². The highest BCUT2D eigenvalue weighted by Gasteiger charge is 2.18. The average molecular weight is 416 g/mol. The molecule has 0 unspecified atom stereocenters. The Morgan fingerprint density at radius 2 is 2.04 bits per heavy atom. The van der Waals surface area contributed by atoms with Crippen LogP contribution in [-0.2, 0) is 20.1 Å². The third kappa shape index (κ3) is 3.75. The van der Waals surface area contributed by atoms with E-state index in [0.29, 0.717) is 6.67 Å². The van der Waals surface area contributed by atoms with Crippen LogP contribution in [0.25, 0.3) is 10.2 Å². The van der Waals surface area contributed by atoms with Crippen LogP contribution >= 0.6 is 34.9 Å². The number of benzene rings is 1. The van der Waals surface area contributed by atoms with Gasteiger partial charge in [-0.15, -0.1) is 22.7 Å². The Balaban J connectivity index is 1.53. The van der Waals surface area contributed by atoms with Gasteiger partial charge in [-0.05, 0) is 49.8 Å². The number of fused-ring (bicyclic) bond motifs is 1. The van der Waals surface area contributed by atoms with Gasteiger partial charge in [0.2, 0.25) is 0 Å². The second-order valence-electron chi connectivity index (χ2n) is 6.61. The van der Waals surface area contributed by atoms with Crippen LogP contribution < -0.4 is 0 Å². The highest BCUT2D eigenvalue weighted by Crippen LogP contribution is 2.29. The summed E-state index contributed by atoms with van der Waals surface area (Å²) in [6.45, 7) is 2.81. The number of hydrogen-bond acceptors (Lipinski definition) is 6. The zero-order valence-electron chi connectivity index (χ0n) is 15.5. The minimum Gasteiger partial charge on any atom is -0.307 e. The molecular weight excluding hydrogens is 394 g/mol. The summed E-state index contributed by atoms with van der Waals surface area (Å²) >= 11 is 9.10. The Morgan fingerprint density at radius 3 is 2.78 bits per heavy atom. The van der Waals surface area contributed by atoms with Crippen LogP contribution in [0.3, 0.4) is 0 Å². The minimum atomic E-state index is 0.187. The second-order valence-corrected chi connectivity index (χ2v) is 9.07. The van der Waals surface area contributed by atoms with Gasteiger partial charge in [0, 0.05) is 18.3 Å². The average Bonchev–Trinajstić information content (AvgIpc) is 3.38. The zero-order chi connectivity index (χ0) is 19.0. The molecule has 0 spiro atoms. The van der Waals surface area contributed by atoms with Gasteiger partial charge >= 0.3 is 0 Å². The number of para-hydroxylation sites is 1. The minimum absolute atomic E-state index is 0.187. The lowest BCUT2D eigenvalue weighted by Crippen LogP contribution is -2.26. The predicted molar refractivity (Wildman–Crippen MR) is 115 cm³/mol. The van der Waals surface area contributed by atoms with Crippen LogP contribution in [0.1, 0.15) is 28.7 Å². The molecule has 0 N–H and O–H groups in total. The zero-order valence-corrected chi connectivity index (χ0v) is 17.9. The highest BCUT2D eigenvalue weighted by molar-refractivity contribution is 7.71. The summed E-state index contributed by atoms with van der Waals surface area (Å²) < 4.78 is 5.87. The van der Waals surface area contributed by atoms with E-state index in [0.717, 1.165) is 27.5 Å². The van der Waals surface area contributed by atoms with Gasteiger partial charge in [-0.25, -0.2) is 9.67 Å². The van der Waals surface area contributed by atoms with Crippen LogP contribution in [0.2, 0.25) is 0 Å². The van der Waals surface area contributed by atoms with Crippen molar-refractivity contribution in [1.82, 2.24) is 24.2 Å². The maximum absolute atomic E-state index is 5.61. The number of hydrogen-bond donors (Lipinski definition) is 0. The molecule has 0 amide bonds. The first-order chi connectivity index (χ1) is 13.0. The van der Waals surface area contributed by atoms with Crippen molar-refractivity contribution in [2.45, 2.75) is 26.1 Å². The molecule has 0 aliphatic heterocycles. The first-order valence-corrected chi connectivity index (χ1v) is 10.8. The van der Waals surface area contributed by atoms with Crippen molar-refractivity contribution in [2.75, 3.05) is 7.05 Å². The van der Waals surface area contributed by atoms with E-state index in [1.54, 1.807) is 22.7 Å². The molecule has 4 rings (SSSR count). The molecule has 0 saturated carbocycles. The van der Waals surface area contributed by atoms with Gasteiger partial charge in [-0.1, -0.05) is 18.2 Å². The van der Waals surface area contributed by atoms with Gasteiger partial charge in [0.05, 0.1) is 22.9 Å². The quantitative estimate of drug-likeness (QED) is 0.422. The third-order valence-electron chi connectivity index (χ3n) is 4.73. The SMILES string of the molecule is C[C@H](c1nc2ccccc2s1)N(C)Cn1nc(Cc2cccs2)n(C)c1=S. The molecule has 0 aliphatic rings. The molecule has 1 atom stereocenters. The van der Waals surface area contributed by atoms with Gasteiger partial charge in [0.25, 0.3) is 0 Å². The Kier molecular flexibility index (Phi) is 5.23. The van der Waals surface area contributed by atoms with Crippen molar-refractivity contribution >= 4 is 45.1 Å². The van der Waals surface area contributed by atoms with Crippen molar-refractivity contribution in [3.63, 3.8) is 0 Å². The standard InChI is InChI=1S/C19H21N5S3/c1-13(18-20-15-8-4-5-9-16(15)27-18)22(2)12-24-19(25)23(3)17(21-24)11-14-7-6-10-26-14/h4-10,13H,11-12H2,1-3H3/t13-/m1/s1. The summed E-state index contributed by atoms with van der Waals surface area (Å²) in [4.78, 5) is 8.31. The summed E-state index contributed by atoms with van der Waals surface area (Å²) in [6.07, 6.45) is 0.807. The molecule has 0 aliphatic carbocycles. The van der Waals surface area contributed by atoms with Crippen molar-refractivity contribution in [3.05, 3.63) is 62.3 Å². The molecule has 27 heavy (non-hydrogen) atoms. The molecular formula is C19H21N5S3. The Bertz CT molecular complexity index is 1070. The fourth-order valence-corrected chi connectivity index (χ4v) is 4.93. The number of nitrogens with zero attached hydrogens (tertiary/aromatic N) is 5. The van der Waals surface area contributed by atoms with Crippen LogP contribution in [0.5, 0.6) is 0 Å². The van der Waals surface area contributed by atoms with E-state index in [4.69, 9.17) is 22.3 Å². The third-order valence-corrected chi connectivity index (χ3v) is 7.30. The lowest BCUT2D eigenvalue weighted by atomic mass is 10.3. The van der Waals surface area contributed by atoms with Gasteiger partial charge in [-0.2, -0.15) is 5.10 Å². The molecule has 0 fully saturated rings. The lowest BCUT2D eigenvalue weighted by Gasteiger charge is -2.22. The molecule has 4 aromatic rings. The van der Waals surface area contributed by atoms with Gasteiger partial charge in [0.15, 0.2) is 4.77 Å². The van der Waals surface area contributed by atoms with Crippen molar-refractivity contribution in [3.8, 4) is 0 Å². The molecule has 3 aromatic heterocycles. The first kappa shape index (κ1) is 18.5. The Labute approximate surface area is 171 Å². The maximum atomic E-state index is 5.61. The lowest BCUT2D eigenvalue weighted by molar-refractivity contribution is 0.194. The number of thiazole rings is 1. The summed E-state index contributed by atoms with van der Waals surface area (Å²) in [5, 5.41) is 7.97. The van der Waals surface area contributed by atoms with E-state index in [1.165, 1.54) is 9.58 Å². The largest absolute Gasteiger partial charge is 0.307 e. The van der Waals surface area contributed by atoms with Gasteiger partial charge < -0.3 is 4.57 Å². The Hall–Kier alpha value is -1.87. The molecule has 0 saturated heterocycles. The van der Waals surface area contributed by atoms with E-state index >= 15 is 0 Å².